The van der Waals surface area contributed by atoms with Gasteiger partial charge in [-0.05, 0) is 43.6 Å². The van der Waals surface area contributed by atoms with Crippen molar-refractivity contribution >= 4 is 14.4 Å². The molecule has 1 atom stereocenters. The summed E-state index contributed by atoms with van der Waals surface area (Å²) in [6, 6.07) is 8.85. The van der Waals surface area contributed by atoms with Crippen molar-refractivity contribution in [1.82, 2.24) is 0 Å². The van der Waals surface area contributed by atoms with Crippen molar-refractivity contribution in [3.63, 3.8) is 0 Å². The van der Waals surface area contributed by atoms with Gasteiger partial charge >= 0.3 is 0 Å². The van der Waals surface area contributed by atoms with E-state index in [4.69, 9.17) is 4.43 Å². The zero-order valence-corrected chi connectivity index (χ0v) is 14.9. The van der Waals surface area contributed by atoms with E-state index in [0.717, 1.165) is 19.4 Å². The average molecular weight is 311 g/mol. The largest absolute Gasteiger partial charge is 0.418 e. The van der Waals surface area contributed by atoms with Gasteiger partial charge in [0.2, 0.25) is 0 Å². The summed E-state index contributed by atoms with van der Waals surface area (Å²) in [6.45, 7) is 7.67. The SMILES string of the molecule is C[Si](C)(C)OCCCC1=Cc2ccccc2C1C1C=CC=C1. The van der Waals surface area contributed by atoms with Crippen LogP contribution >= 0.6 is 0 Å². The molecule has 0 saturated heterocycles. The Hall–Kier alpha value is -1.38. The van der Waals surface area contributed by atoms with Crippen molar-refractivity contribution < 1.29 is 4.43 Å². The molecule has 0 amide bonds. The van der Waals surface area contributed by atoms with Crippen LogP contribution in [0, 0.1) is 5.92 Å². The molecule has 22 heavy (non-hydrogen) atoms. The second-order valence-corrected chi connectivity index (χ2v) is 11.8. The highest BCUT2D eigenvalue weighted by Crippen LogP contribution is 2.44. The van der Waals surface area contributed by atoms with E-state index >= 15 is 0 Å². The Morgan fingerprint density at radius 2 is 1.77 bits per heavy atom. The predicted molar refractivity (Wildman–Crippen MR) is 97.5 cm³/mol. The summed E-state index contributed by atoms with van der Waals surface area (Å²) in [6.07, 6.45) is 13.7. The first kappa shape index (κ1) is 15.5. The molecule has 0 radical (unpaired) electrons. The molecule has 116 valence electrons. The van der Waals surface area contributed by atoms with Crippen LogP contribution in [0.25, 0.3) is 6.08 Å². The molecule has 0 fully saturated rings. The molecule has 2 heteroatoms. The maximum atomic E-state index is 6.01. The van der Waals surface area contributed by atoms with Gasteiger partial charge in [-0.15, -0.1) is 0 Å². The summed E-state index contributed by atoms with van der Waals surface area (Å²) in [7, 11) is -1.38. The summed E-state index contributed by atoms with van der Waals surface area (Å²) >= 11 is 0. The highest BCUT2D eigenvalue weighted by Gasteiger charge is 2.29. The minimum absolute atomic E-state index is 0.521. The summed E-state index contributed by atoms with van der Waals surface area (Å²) in [5.74, 6) is 1.05. The minimum Gasteiger partial charge on any atom is -0.418 e. The molecular weight excluding hydrogens is 284 g/mol. The molecule has 0 N–H and O–H groups in total. The normalized spacial score (nSPS) is 20.5. The Morgan fingerprint density at radius 3 is 2.50 bits per heavy atom. The van der Waals surface area contributed by atoms with Crippen LogP contribution in [0.2, 0.25) is 19.6 Å². The van der Waals surface area contributed by atoms with Crippen LogP contribution in [0.4, 0.5) is 0 Å². The Morgan fingerprint density at radius 1 is 1.05 bits per heavy atom. The van der Waals surface area contributed by atoms with Crippen molar-refractivity contribution in [2.24, 2.45) is 5.92 Å². The van der Waals surface area contributed by atoms with Crippen molar-refractivity contribution in [3.05, 3.63) is 65.3 Å². The maximum absolute atomic E-state index is 6.01. The quantitative estimate of drug-likeness (QED) is 0.495. The van der Waals surface area contributed by atoms with Crippen molar-refractivity contribution in [3.8, 4) is 0 Å². The van der Waals surface area contributed by atoms with Crippen LogP contribution in [0.5, 0.6) is 0 Å². The Kier molecular flexibility index (Phi) is 4.51. The molecule has 0 heterocycles. The third-order valence-corrected chi connectivity index (χ3v) is 5.45. The number of fused-ring (bicyclic) bond motifs is 1. The van der Waals surface area contributed by atoms with Gasteiger partial charge in [0.25, 0.3) is 0 Å². The third-order valence-electron chi connectivity index (χ3n) is 4.38. The van der Waals surface area contributed by atoms with Gasteiger partial charge in [0.1, 0.15) is 0 Å². The molecule has 0 saturated carbocycles. The highest BCUT2D eigenvalue weighted by molar-refractivity contribution is 6.69. The molecule has 0 spiro atoms. The summed E-state index contributed by atoms with van der Waals surface area (Å²) in [5, 5.41) is 0. The van der Waals surface area contributed by atoms with Crippen molar-refractivity contribution in [1.29, 1.82) is 0 Å². The molecule has 1 unspecified atom stereocenters. The van der Waals surface area contributed by atoms with E-state index in [1.54, 1.807) is 5.57 Å². The van der Waals surface area contributed by atoms with Gasteiger partial charge in [-0.2, -0.15) is 0 Å². The minimum atomic E-state index is -1.38. The van der Waals surface area contributed by atoms with Gasteiger partial charge in [0, 0.05) is 18.4 Å². The first-order valence-electron chi connectivity index (χ1n) is 8.33. The molecule has 1 nitrogen and oxygen atoms in total. The Labute approximate surface area is 135 Å². The van der Waals surface area contributed by atoms with Crippen LogP contribution in [-0.2, 0) is 4.43 Å². The lowest BCUT2D eigenvalue weighted by Gasteiger charge is -2.22. The zero-order chi connectivity index (χ0) is 15.6. The van der Waals surface area contributed by atoms with Crippen LogP contribution < -0.4 is 0 Å². The lowest BCUT2D eigenvalue weighted by Crippen LogP contribution is -2.25. The lowest BCUT2D eigenvalue weighted by molar-refractivity contribution is 0.303. The molecule has 0 bridgehead atoms. The zero-order valence-electron chi connectivity index (χ0n) is 13.9. The number of rotatable bonds is 6. The van der Waals surface area contributed by atoms with Gasteiger partial charge in [0.05, 0.1) is 0 Å². The topological polar surface area (TPSA) is 9.23 Å². The number of allylic oxidation sites excluding steroid dienone is 5. The molecule has 3 rings (SSSR count). The Balaban J connectivity index is 1.70. The number of hydrogen-bond acceptors (Lipinski definition) is 1. The number of benzene rings is 1. The fraction of sp³-hybridized carbons (Fsp3) is 0.400. The standard InChI is InChI=1S/C20H26OSi/c1-22(2,3)21-14-8-12-18-15-17-11-6-7-13-19(17)20(18)16-9-4-5-10-16/h4-7,9-11,13,15-16,20H,8,12,14H2,1-3H3. The smallest absolute Gasteiger partial charge is 0.183 e. The Bertz CT molecular complexity index is 607. The van der Waals surface area contributed by atoms with Crippen molar-refractivity contribution in [2.45, 2.75) is 38.4 Å². The lowest BCUT2D eigenvalue weighted by atomic mass is 9.83. The van der Waals surface area contributed by atoms with E-state index < -0.39 is 8.32 Å². The summed E-state index contributed by atoms with van der Waals surface area (Å²) in [4.78, 5) is 0. The monoisotopic (exact) mass is 310 g/mol. The average Bonchev–Trinajstić information content (AvgIpc) is 3.09. The second-order valence-electron chi connectivity index (χ2n) is 7.24. The van der Waals surface area contributed by atoms with Gasteiger partial charge in [0.15, 0.2) is 8.32 Å². The molecular formula is C20H26OSi. The molecule has 1 aromatic rings. The maximum Gasteiger partial charge on any atom is 0.183 e. The van der Waals surface area contributed by atoms with Crippen LogP contribution in [-0.4, -0.2) is 14.9 Å². The van der Waals surface area contributed by atoms with Crippen LogP contribution in [0.1, 0.15) is 29.9 Å². The molecule has 0 aromatic heterocycles. The van der Waals surface area contributed by atoms with E-state index in [1.165, 1.54) is 11.1 Å². The van der Waals surface area contributed by atoms with Gasteiger partial charge < -0.3 is 4.43 Å². The third kappa shape index (κ3) is 3.50. The fourth-order valence-electron chi connectivity index (χ4n) is 3.42. The van der Waals surface area contributed by atoms with Crippen LogP contribution in [0.3, 0.4) is 0 Å². The second kappa shape index (κ2) is 6.39. The van der Waals surface area contributed by atoms with E-state index in [9.17, 15) is 0 Å². The van der Waals surface area contributed by atoms with Crippen molar-refractivity contribution in [2.75, 3.05) is 6.61 Å². The first-order valence-corrected chi connectivity index (χ1v) is 11.7. The molecule has 1 aromatic carbocycles. The van der Waals surface area contributed by atoms with Gasteiger partial charge in [-0.3, -0.25) is 0 Å². The number of hydrogen-bond donors (Lipinski definition) is 0. The predicted octanol–water partition coefficient (Wildman–Crippen LogP) is 5.54. The van der Waals surface area contributed by atoms with E-state index in [-0.39, 0.29) is 0 Å². The summed E-state index contributed by atoms with van der Waals surface area (Å²) < 4.78 is 6.01. The van der Waals surface area contributed by atoms with Gasteiger partial charge in [-0.1, -0.05) is 60.2 Å². The first-order chi connectivity index (χ1) is 10.5. The molecule has 2 aliphatic carbocycles. The fourth-order valence-corrected chi connectivity index (χ4v) is 4.18. The molecule has 0 aliphatic heterocycles. The summed E-state index contributed by atoms with van der Waals surface area (Å²) in [5.41, 5.74) is 4.47. The van der Waals surface area contributed by atoms with E-state index in [1.807, 2.05) is 0 Å². The van der Waals surface area contributed by atoms with Gasteiger partial charge in [-0.25, -0.2) is 0 Å². The highest BCUT2D eigenvalue weighted by atomic mass is 28.4. The van der Waals surface area contributed by atoms with E-state index in [0.29, 0.717) is 11.8 Å². The molecule has 2 aliphatic rings. The van der Waals surface area contributed by atoms with E-state index in [2.05, 4.69) is 74.3 Å². The van der Waals surface area contributed by atoms with Crippen LogP contribution in [0.15, 0.2) is 54.1 Å².